The smallest absolute Gasteiger partial charge is 0.0696 e. The number of rotatable bonds is 0. The van der Waals surface area contributed by atoms with E-state index in [9.17, 15) is 5.11 Å². The number of nitrogens with two attached hydrogens (primary N) is 1. The second-order valence-corrected chi connectivity index (χ2v) is 3.62. The highest BCUT2D eigenvalue weighted by atomic mass is 16.3. The van der Waals surface area contributed by atoms with Gasteiger partial charge in [-0.3, -0.25) is 0 Å². The fraction of sp³-hybridized carbons (Fsp3) is 1.00. The fourth-order valence-electron chi connectivity index (χ4n) is 1.39. The first-order valence-corrected chi connectivity index (χ1v) is 3.48. The molecule has 0 aromatic rings. The summed E-state index contributed by atoms with van der Waals surface area (Å²) in [7, 11) is 0. The molecule has 1 rings (SSSR count). The molecule has 1 saturated carbocycles. The molecular weight excluding hydrogens is 114 g/mol. The number of hydrogen-bond donors (Lipinski definition) is 2. The highest BCUT2D eigenvalue weighted by Gasteiger charge is 2.38. The Hall–Kier alpha value is -0.0800. The van der Waals surface area contributed by atoms with E-state index in [-0.39, 0.29) is 17.6 Å². The van der Waals surface area contributed by atoms with E-state index in [2.05, 4.69) is 13.8 Å². The van der Waals surface area contributed by atoms with Crippen LogP contribution in [0.4, 0.5) is 0 Å². The van der Waals surface area contributed by atoms with Gasteiger partial charge in [-0.05, 0) is 18.3 Å². The summed E-state index contributed by atoms with van der Waals surface area (Å²) in [6.45, 7) is 4.21. The van der Waals surface area contributed by atoms with Crippen molar-refractivity contribution >= 4 is 0 Å². The third-order valence-electron chi connectivity index (χ3n) is 2.40. The second kappa shape index (κ2) is 1.96. The summed E-state index contributed by atoms with van der Waals surface area (Å²) >= 11 is 0. The van der Waals surface area contributed by atoms with E-state index in [4.69, 9.17) is 5.73 Å². The maximum atomic E-state index is 9.21. The molecule has 2 unspecified atom stereocenters. The first-order valence-electron chi connectivity index (χ1n) is 3.48. The number of hydrogen-bond acceptors (Lipinski definition) is 2. The number of aliphatic hydroxyl groups is 1. The van der Waals surface area contributed by atoms with E-state index in [1.54, 1.807) is 0 Å². The van der Waals surface area contributed by atoms with Crippen LogP contribution in [0.15, 0.2) is 0 Å². The Morgan fingerprint density at radius 2 is 2.11 bits per heavy atom. The molecule has 1 aliphatic carbocycles. The molecule has 3 N–H and O–H groups in total. The van der Waals surface area contributed by atoms with Crippen molar-refractivity contribution in [1.82, 2.24) is 0 Å². The predicted octanol–water partition coefficient (Wildman–Crippen LogP) is 0.495. The van der Waals surface area contributed by atoms with E-state index >= 15 is 0 Å². The summed E-state index contributed by atoms with van der Waals surface area (Å²) in [5, 5.41) is 9.21. The Kier molecular flexibility index (Phi) is 1.53. The molecular formula is C7H15NO. The first kappa shape index (κ1) is 7.03. The van der Waals surface area contributed by atoms with Crippen molar-refractivity contribution in [3.8, 4) is 0 Å². The molecule has 0 saturated heterocycles. The van der Waals surface area contributed by atoms with Crippen LogP contribution in [-0.2, 0) is 0 Å². The second-order valence-electron chi connectivity index (χ2n) is 3.62. The average Bonchev–Trinajstić information content (AvgIpc) is 1.97. The summed E-state index contributed by atoms with van der Waals surface area (Å²) in [5.74, 6) is 0. The van der Waals surface area contributed by atoms with Crippen LogP contribution in [-0.4, -0.2) is 17.3 Å². The predicted molar refractivity (Wildman–Crippen MR) is 37.0 cm³/mol. The van der Waals surface area contributed by atoms with Gasteiger partial charge in [0.2, 0.25) is 0 Å². The Morgan fingerprint density at radius 1 is 1.56 bits per heavy atom. The van der Waals surface area contributed by atoms with Gasteiger partial charge in [-0.1, -0.05) is 13.8 Å². The molecule has 0 spiro atoms. The molecule has 54 valence electrons. The third-order valence-corrected chi connectivity index (χ3v) is 2.40. The summed E-state index contributed by atoms with van der Waals surface area (Å²) < 4.78 is 0. The molecule has 2 nitrogen and oxygen atoms in total. The maximum Gasteiger partial charge on any atom is 0.0696 e. The lowest BCUT2D eigenvalue weighted by Gasteiger charge is -2.24. The lowest BCUT2D eigenvalue weighted by Crippen LogP contribution is -2.39. The molecule has 2 atom stereocenters. The lowest BCUT2D eigenvalue weighted by atomic mass is 9.88. The molecule has 0 aliphatic heterocycles. The van der Waals surface area contributed by atoms with Gasteiger partial charge in [-0.2, -0.15) is 0 Å². The van der Waals surface area contributed by atoms with Crippen LogP contribution in [0.5, 0.6) is 0 Å². The molecule has 0 heterocycles. The van der Waals surface area contributed by atoms with Gasteiger partial charge in [0, 0.05) is 6.04 Å². The Bertz CT molecular complexity index is 111. The van der Waals surface area contributed by atoms with Crippen molar-refractivity contribution in [2.45, 2.75) is 38.8 Å². The minimum Gasteiger partial charge on any atom is -0.391 e. The highest BCUT2D eigenvalue weighted by Crippen LogP contribution is 2.35. The Labute approximate surface area is 56.1 Å². The van der Waals surface area contributed by atoms with Crippen LogP contribution in [0, 0.1) is 5.41 Å². The summed E-state index contributed by atoms with van der Waals surface area (Å²) in [4.78, 5) is 0. The molecule has 0 aromatic heterocycles. The summed E-state index contributed by atoms with van der Waals surface area (Å²) in [5.41, 5.74) is 5.86. The molecule has 9 heavy (non-hydrogen) atoms. The molecule has 0 bridgehead atoms. The zero-order chi connectivity index (χ0) is 7.07. The van der Waals surface area contributed by atoms with Crippen LogP contribution >= 0.6 is 0 Å². The quantitative estimate of drug-likeness (QED) is 0.500. The maximum absolute atomic E-state index is 9.21. The molecule has 0 radical (unpaired) electrons. The van der Waals surface area contributed by atoms with Gasteiger partial charge in [0.25, 0.3) is 0 Å². The summed E-state index contributed by atoms with van der Waals surface area (Å²) in [6, 6.07) is -0.0162. The first-order chi connectivity index (χ1) is 4.04. The Morgan fingerprint density at radius 3 is 2.22 bits per heavy atom. The van der Waals surface area contributed by atoms with Gasteiger partial charge >= 0.3 is 0 Å². The van der Waals surface area contributed by atoms with E-state index in [0.29, 0.717) is 0 Å². The van der Waals surface area contributed by atoms with Gasteiger partial charge in [0.1, 0.15) is 0 Å². The minimum absolute atomic E-state index is 0.0162. The highest BCUT2D eigenvalue weighted by molar-refractivity contribution is 4.93. The van der Waals surface area contributed by atoms with E-state index in [1.165, 1.54) is 0 Å². The van der Waals surface area contributed by atoms with Crippen molar-refractivity contribution in [2.75, 3.05) is 0 Å². The van der Waals surface area contributed by atoms with E-state index in [1.807, 2.05) is 0 Å². The van der Waals surface area contributed by atoms with Gasteiger partial charge in [0.15, 0.2) is 0 Å². The van der Waals surface area contributed by atoms with Crippen LogP contribution < -0.4 is 5.73 Å². The van der Waals surface area contributed by atoms with E-state index < -0.39 is 0 Å². The minimum atomic E-state index is -0.264. The zero-order valence-corrected chi connectivity index (χ0v) is 6.09. The third kappa shape index (κ3) is 1.10. The van der Waals surface area contributed by atoms with Crippen molar-refractivity contribution < 1.29 is 5.11 Å². The SMILES string of the molecule is CC1(C)CCC(O)C1N. The largest absolute Gasteiger partial charge is 0.391 e. The molecule has 2 heteroatoms. The zero-order valence-electron chi connectivity index (χ0n) is 6.09. The molecule has 0 amide bonds. The van der Waals surface area contributed by atoms with Crippen molar-refractivity contribution in [3.05, 3.63) is 0 Å². The van der Waals surface area contributed by atoms with Crippen LogP contribution in [0.2, 0.25) is 0 Å². The van der Waals surface area contributed by atoms with Crippen LogP contribution in [0.1, 0.15) is 26.7 Å². The monoisotopic (exact) mass is 129 g/mol. The molecule has 1 fully saturated rings. The lowest BCUT2D eigenvalue weighted by molar-refractivity contribution is 0.141. The normalized spacial score (nSPS) is 41.3. The molecule has 0 aromatic carbocycles. The van der Waals surface area contributed by atoms with Gasteiger partial charge < -0.3 is 10.8 Å². The Balaban J connectivity index is 2.62. The topological polar surface area (TPSA) is 46.2 Å². The molecule has 1 aliphatic rings. The van der Waals surface area contributed by atoms with Crippen molar-refractivity contribution in [2.24, 2.45) is 11.1 Å². The van der Waals surface area contributed by atoms with Gasteiger partial charge in [-0.25, -0.2) is 0 Å². The van der Waals surface area contributed by atoms with Crippen molar-refractivity contribution in [3.63, 3.8) is 0 Å². The van der Waals surface area contributed by atoms with Crippen molar-refractivity contribution in [1.29, 1.82) is 0 Å². The van der Waals surface area contributed by atoms with Crippen LogP contribution in [0.3, 0.4) is 0 Å². The van der Waals surface area contributed by atoms with Crippen LogP contribution in [0.25, 0.3) is 0 Å². The standard InChI is InChI=1S/C7H15NO/c1-7(2)4-3-5(9)6(7)8/h5-6,9H,3-4,8H2,1-2H3. The van der Waals surface area contributed by atoms with Gasteiger partial charge in [0.05, 0.1) is 6.10 Å². The summed E-state index contributed by atoms with van der Waals surface area (Å²) in [6.07, 6.45) is 1.66. The average molecular weight is 129 g/mol. The fourth-order valence-corrected chi connectivity index (χ4v) is 1.39. The van der Waals surface area contributed by atoms with E-state index in [0.717, 1.165) is 12.8 Å². The van der Waals surface area contributed by atoms with Gasteiger partial charge in [-0.15, -0.1) is 0 Å². The number of aliphatic hydroxyl groups excluding tert-OH is 1.